The molecule has 0 bridgehead atoms. The topological polar surface area (TPSA) is 29.9 Å². The number of aryl methyl sites for hydroxylation is 1. The van der Waals surface area contributed by atoms with Gasteiger partial charge in [0.05, 0.1) is 11.7 Å². The van der Waals surface area contributed by atoms with Gasteiger partial charge in [-0.15, -0.1) is 0 Å². The minimum Gasteiger partial charge on any atom is -0.372 e. The maximum absolute atomic E-state index is 13.7. The predicted molar refractivity (Wildman–Crippen MR) is 69.3 cm³/mol. The number of hydrogen-bond donors (Lipinski definition) is 1. The molecule has 18 heavy (non-hydrogen) atoms. The Morgan fingerprint density at radius 2 is 1.94 bits per heavy atom. The van der Waals surface area contributed by atoms with Crippen LogP contribution in [-0.2, 0) is 7.05 Å². The summed E-state index contributed by atoms with van der Waals surface area (Å²) in [5.74, 6) is -1.26. The first-order valence-electron chi connectivity index (χ1n) is 5.38. The van der Waals surface area contributed by atoms with Crippen LogP contribution in [0.1, 0.15) is 18.7 Å². The molecule has 0 fully saturated rings. The van der Waals surface area contributed by atoms with Crippen molar-refractivity contribution in [2.24, 2.45) is 7.05 Å². The zero-order chi connectivity index (χ0) is 13.3. The SMILES string of the molecule is CC(Nc1c(F)cc(Br)cc1F)c1ccnn1C. The van der Waals surface area contributed by atoms with Gasteiger partial charge in [0, 0.05) is 17.7 Å². The molecule has 1 aromatic heterocycles. The third-order valence-electron chi connectivity index (χ3n) is 2.67. The fraction of sp³-hybridized carbons (Fsp3) is 0.250. The average Bonchev–Trinajstić information content (AvgIpc) is 2.69. The van der Waals surface area contributed by atoms with E-state index < -0.39 is 11.6 Å². The van der Waals surface area contributed by atoms with Crippen molar-refractivity contribution in [3.05, 3.63) is 46.2 Å². The second-order valence-corrected chi connectivity index (χ2v) is 4.91. The predicted octanol–water partition coefficient (Wildman–Crippen LogP) is 3.63. The lowest BCUT2D eigenvalue weighted by molar-refractivity contribution is 0.579. The Hall–Kier alpha value is -1.43. The van der Waals surface area contributed by atoms with Gasteiger partial charge in [0.25, 0.3) is 0 Å². The van der Waals surface area contributed by atoms with E-state index in [9.17, 15) is 8.78 Å². The zero-order valence-electron chi connectivity index (χ0n) is 9.92. The second kappa shape index (κ2) is 5.06. The molecule has 1 aromatic carbocycles. The molecule has 1 N–H and O–H groups in total. The molecular weight excluding hydrogens is 304 g/mol. The van der Waals surface area contributed by atoms with Crippen LogP contribution in [0.2, 0.25) is 0 Å². The minimum absolute atomic E-state index is 0.133. The lowest BCUT2D eigenvalue weighted by Gasteiger charge is -2.16. The standard InChI is InChI=1S/C12H12BrF2N3/c1-7(11-3-4-16-18(11)2)17-12-9(14)5-8(13)6-10(12)15/h3-7,17H,1-2H3. The third-order valence-corrected chi connectivity index (χ3v) is 3.13. The molecule has 0 aliphatic carbocycles. The van der Waals surface area contributed by atoms with E-state index in [4.69, 9.17) is 0 Å². The van der Waals surface area contributed by atoms with Gasteiger partial charge in [-0.2, -0.15) is 5.10 Å². The molecule has 2 aromatic rings. The van der Waals surface area contributed by atoms with Gasteiger partial charge in [-0.25, -0.2) is 8.78 Å². The Morgan fingerprint density at radius 3 is 2.44 bits per heavy atom. The number of rotatable bonds is 3. The highest BCUT2D eigenvalue weighted by Gasteiger charge is 2.15. The summed E-state index contributed by atoms with van der Waals surface area (Å²) in [6.45, 7) is 1.82. The van der Waals surface area contributed by atoms with Crippen LogP contribution in [0.15, 0.2) is 28.9 Å². The van der Waals surface area contributed by atoms with E-state index in [1.54, 1.807) is 24.0 Å². The zero-order valence-corrected chi connectivity index (χ0v) is 11.5. The van der Waals surface area contributed by atoms with Gasteiger partial charge in [0.15, 0.2) is 0 Å². The number of nitrogens with one attached hydrogen (secondary N) is 1. The second-order valence-electron chi connectivity index (χ2n) is 3.99. The van der Waals surface area contributed by atoms with Crippen molar-refractivity contribution in [3.8, 4) is 0 Å². The Morgan fingerprint density at radius 1 is 1.33 bits per heavy atom. The summed E-state index contributed by atoms with van der Waals surface area (Å²) in [6, 6.07) is 4.00. The summed E-state index contributed by atoms with van der Waals surface area (Å²) in [6.07, 6.45) is 1.64. The lowest BCUT2D eigenvalue weighted by Crippen LogP contribution is -2.13. The fourth-order valence-corrected chi connectivity index (χ4v) is 2.18. The summed E-state index contributed by atoms with van der Waals surface area (Å²) >= 11 is 3.04. The minimum atomic E-state index is -0.629. The maximum Gasteiger partial charge on any atom is 0.150 e. The smallest absolute Gasteiger partial charge is 0.150 e. The molecule has 0 saturated heterocycles. The molecule has 0 amide bonds. The van der Waals surface area contributed by atoms with Crippen LogP contribution in [0.25, 0.3) is 0 Å². The van der Waals surface area contributed by atoms with Gasteiger partial charge in [-0.1, -0.05) is 15.9 Å². The normalized spacial score (nSPS) is 12.5. The van der Waals surface area contributed by atoms with Crippen molar-refractivity contribution in [3.63, 3.8) is 0 Å². The number of hydrogen-bond acceptors (Lipinski definition) is 2. The van der Waals surface area contributed by atoms with E-state index in [1.807, 2.05) is 6.92 Å². The first-order valence-corrected chi connectivity index (χ1v) is 6.17. The number of halogens is 3. The first-order chi connectivity index (χ1) is 8.49. The van der Waals surface area contributed by atoms with Crippen molar-refractivity contribution in [2.45, 2.75) is 13.0 Å². The van der Waals surface area contributed by atoms with Gasteiger partial charge in [0.2, 0.25) is 0 Å². The van der Waals surface area contributed by atoms with E-state index in [2.05, 4.69) is 26.3 Å². The van der Waals surface area contributed by atoms with Crippen LogP contribution in [0.4, 0.5) is 14.5 Å². The summed E-state index contributed by atoms with van der Waals surface area (Å²) in [5.41, 5.74) is 0.712. The number of nitrogens with zero attached hydrogens (tertiary/aromatic N) is 2. The summed E-state index contributed by atoms with van der Waals surface area (Å²) in [4.78, 5) is 0. The largest absolute Gasteiger partial charge is 0.372 e. The Balaban J connectivity index is 2.27. The molecule has 1 heterocycles. The third kappa shape index (κ3) is 2.53. The lowest BCUT2D eigenvalue weighted by atomic mass is 10.2. The van der Waals surface area contributed by atoms with Gasteiger partial charge in [-0.05, 0) is 25.1 Å². The number of aromatic nitrogens is 2. The Bertz CT molecular complexity index is 545. The molecule has 0 radical (unpaired) electrons. The number of benzene rings is 1. The molecule has 3 nitrogen and oxygen atoms in total. The van der Waals surface area contributed by atoms with Crippen LogP contribution in [-0.4, -0.2) is 9.78 Å². The van der Waals surface area contributed by atoms with Crippen LogP contribution >= 0.6 is 15.9 Å². The summed E-state index contributed by atoms with van der Waals surface area (Å²) in [7, 11) is 1.78. The highest BCUT2D eigenvalue weighted by atomic mass is 79.9. The molecular formula is C12H12BrF2N3. The highest BCUT2D eigenvalue weighted by Crippen LogP contribution is 2.27. The van der Waals surface area contributed by atoms with Crippen LogP contribution in [0.5, 0.6) is 0 Å². The fourth-order valence-electron chi connectivity index (χ4n) is 1.78. The molecule has 0 saturated carbocycles. The molecule has 6 heteroatoms. The average molecular weight is 316 g/mol. The van der Waals surface area contributed by atoms with Gasteiger partial charge in [0.1, 0.15) is 17.3 Å². The van der Waals surface area contributed by atoms with Gasteiger partial charge >= 0.3 is 0 Å². The Labute approximate surface area is 112 Å². The summed E-state index contributed by atoms with van der Waals surface area (Å²) in [5, 5.41) is 6.84. The van der Waals surface area contributed by atoms with Crippen molar-refractivity contribution < 1.29 is 8.78 Å². The monoisotopic (exact) mass is 315 g/mol. The van der Waals surface area contributed by atoms with Crippen LogP contribution in [0.3, 0.4) is 0 Å². The summed E-state index contributed by atoms with van der Waals surface area (Å²) < 4.78 is 29.3. The molecule has 96 valence electrons. The van der Waals surface area contributed by atoms with Gasteiger partial charge in [-0.3, -0.25) is 4.68 Å². The quantitative estimate of drug-likeness (QED) is 0.937. The van der Waals surface area contributed by atoms with Gasteiger partial charge < -0.3 is 5.32 Å². The van der Waals surface area contributed by atoms with E-state index in [0.717, 1.165) is 5.69 Å². The molecule has 0 aliphatic rings. The van der Waals surface area contributed by atoms with Crippen LogP contribution in [0, 0.1) is 11.6 Å². The van der Waals surface area contributed by atoms with E-state index in [1.165, 1.54) is 12.1 Å². The van der Waals surface area contributed by atoms with E-state index in [-0.39, 0.29) is 11.7 Å². The first kappa shape index (κ1) is 13.0. The van der Waals surface area contributed by atoms with Crippen LogP contribution < -0.4 is 5.32 Å². The number of anilines is 1. The van der Waals surface area contributed by atoms with Crippen molar-refractivity contribution in [1.29, 1.82) is 0 Å². The molecule has 2 rings (SSSR count). The van der Waals surface area contributed by atoms with E-state index >= 15 is 0 Å². The molecule has 1 atom stereocenters. The molecule has 0 spiro atoms. The Kier molecular flexibility index (Phi) is 3.65. The van der Waals surface area contributed by atoms with E-state index in [0.29, 0.717) is 4.47 Å². The molecule has 1 unspecified atom stereocenters. The highest BCUT2D eigenvalue weighted by molar-refractivity contribution is 9.10. The van der Waals surface area contributed by atoms with Crippen molar-refractivity contribution in [2.75, 3.05) is 5.32 Å². The van der Waals surface area contributed by atoms with Crippen molar-refractivity contribution >= 4 is 21.6 Å². The molecule has 0 aliphatic heterocycles. The maximum atomic E-state index is 13.7. The van der Waals surface area contributed by atoms with Crippen molar-refractivity contribution in [1.82, 2.24) is 9.78 Å².